The molecule has 2 heterocycles. The maximum atomic E-state index is 12.6. The van der Waals surface area contributed by atoms with Crippen molar-refractivity contribution in [3.05, 3.63) is 72.3 Å². The number of benzene rings is 3. The zero-order valence-electron chi connectivity index (χ0n) is 13.8. The van der Waals surface area contributed by atoms with Crippen LogP contribution in [0.2, 0.25) is 0 Å². The molecule has 0 fully saturated rings. The molecular weight excluding hydrogens is 324 g/mol. The van der Waals surface area contributed by atoms with Crippen LogP contribution < -0.4 is 5.32 Å². The normalized spacial score (nSPS) is 19.1. The first-order valence-electron chi connectivity index (χ1n) is 8.43. The van der Waals surface area contributed by atoms with Gasteiger partial charge in [-0.3, -0.25) is 10.1 Å². The number of anilines is 1. The second kappa shape index (κ2) is 5.43. The van der Waals surface area contributed by atoms with Gasteiger partial charge in [0.2, 0.25) is 11.9 Å². The topological polar surface area (TPSA) is 70.7 Å². The van der Waals surface area contributed by atoms with Crippen LogP contribution in [0.25, 0.3) is 21.8 Å². The Morgan fingerprint density at radius 3 is 2.65 bits per heavy atom. The van der Waals surface area contributed by atoms with Gasteiger partial charge in [0.05, 0.1) is 23.1 Å². The third-order valence-electron chi connectivity index (χ3n) is 4.99. The number of carbonyl (C=O) groups excluding carboxylic acids is 1. The number of imidazole rings is 1. The van der Waals surface area contributed by atoms with Crippen molar-refractivity contribution in [3.8, 4) is 6.07 Å². The lowest BCUT2D eigenvalue weighted by atomic mass is 9.88. The molecule has 0 radical (unpaired) electrons. The number of fused-ring (bicyclic) bond motifs is 4. The fraction of sp³-hybridized carbons (Fsp3) is 0.0952. The summed E-state index contributed by atoms with van der Waals surface area (Å²) in [7, 11) is 0. The van der Waals surface area contributed by atoms with E-state index >= 15 is 0 Å². The number of amides is 1. The second-order valence-electron chi connectivity index (χ2n) is 6.40. The van der Waals surface area contributed by atoms with Crippen LogP contribution in [0.4, 0.5) is 5.95 Å². The van der Waals surface area contributed by atoms with Gasteiger partial charge in [-0.2, -0.15) is 5.26 Å². The molecule has 1 aliphatic heterocycles. The molecule has 124 valence electrons. The van der Waals surface area contributed by atoms with Gasteiger partial charge in [-0.05, 0) is 28.5 Å². The number of aromatic nitrogens is 2. The zero-order chi connectivity index (χ0) is 17.7. The van der Waals surface area contributed by atoms with E-state index in [0.717, 1.165) is 27.4 Å². The molecule has 2 atom stereocenters. The third-order valence-corrected chi connectivity index (χ3v) is 4.99. The minimum Gasteiger partial charge on any atom is -0.300 e. The fourth-order valence-electron chi connectivity index (χ4n) is 3.85. The SMILES string of the molecule is N#C[C@@H]1C(=O)Nc2nc3ccccc3n2[C@H]1c1cccc2ccccc12. The molecule has 0 bridgehead atoms. The first kappa shape index (κ1) is 14.7. The van der Waals surface area contributed by atoms with E-state index < -0.39 is 12.0 Å². The molecule has 0 saturated carbocycles. The van der Waals surface area contributed by atoms with Crippen molar-refractivity contribution in [2.24, 2.45) is 5.92 Å². The van der Waals surface area contributed by atoms with Gasteiger partial charge in [-0.15, -0.1) is 0 Å². The Labute approximate surface area is 149 Å². The van der Waals surface area contributed by atoms with Crippen LogP contribution in [0.15, 0.2) is 66.7 Å². The molecule has 26 heavy (non-hydrogen) atoms. The monoisotopic (exact) mass is 338 g/mol. The zero-order valence-corrected chi connectivity index (χ0v) is 13.8. The summed E-state index contributed by atoms with van der Waals surface area (Å²) in [6.07, 6.45) is 0. The summed E-state index contributed by atoms with van der Waals surface area (Å²) in [6, 6.07) is 23.5. The Morgan fingerprint density at radius 2 is 1.77 bits per heavy atom. The number of carbonyl (C=O) groups is 1. The van der Waals surface area contributed by atoms with E-state index in [-0.39, 0.29) is 5.91 Å². The molecule has 1 N–H and O–H groups in total. The van der Waals surface area contributed by atoms with E-state index in [1.165, 1.54) is 0 Å². The summed E-state index contributed by atoms with van der Waals surface area (Å²) >= 11 is 0. The van der Waals surface area contributed by atoms with Gasteiger partial charge in [-0.25, -0.2) is 4.98 Å². The summed E-state index contributed by atoms with van der Waals surface area (Å²) in [5.74, 6) is -0.653. The van der Waals surface area contributed by atoms with Crippen molar-refractivity contribution in [2.75, 3.05) is 5.32 Å². The highest BCUT2D eigenvalue weighted by atomic mass is 16.2. The summed E-state index contributed by atoms with van der Waals surface area (Å²) in [6.45, 7) is 0. The van der Waals surface area contributed by atoms with Crippen LogP contribution in [-0.2, 0) is 4.79 Å². The standard InChI is InChI=1S/C21H14N4O/c22-12-16-19(15-9-5-7-13-6-1-2-8-14(13)15)25-18-11-4-3-10-17(18)23-21(25)24-20(16)26/h1-11,16,19H,(H,23,24,26)/t16-,19-/m0/s1. The molecule has 5 nitrogen and oxygen atoms in total. The van der Waals surface area contributed by atoms with Crippen LogP contribution in [0, 0.1) is 17.2 Å². The highest BCUT2D eigenvalue weighted by molar-refractivity contribution is 5.98. The first-order chi connectivity index (χ1) is 12.8. The number of hydrogen-bond acceptors (Lipinski definition) is 3. The van der Waals surface area contributed by atoms with Gasteiger partial charge in [0.15, 0.2) is 5.92 Å². The predicted octanol–water partition coefficient (Wildman–Crippen LogP) is 3.87. The summed E-state index contributed by atoms with van der Waals surface area (Å²) in [4.78, 5) is 17.1. The van der Waals surface area contributed by atoms with E-state index in [1.807, 2.05) is 71.3 Å². The average molecular weight is 338 g/mol. The van der Waals surface area contributed by atoms with Crippen LogP contribution >= 0.6 is 0 Å². The van der Waals surface area contributed by atoms with E-state index in [2.05, 4.69) is 16.4 Å². The van der Waals surface area contributed by atoms with E-state index in [4.69, 9.17) is 0 Å². The number of rotatable bonds is 1. The van der Waals surface area contributed by atoms with Gasteiger partial charge in [0.25, 0.3) is 0 Å². The van der Waals surface area contributed by atoms with Crippen LogP contribution in [-0.4, -0.2) is 15.5 Å². The average Bonchev–Trinajstić information content (AvgIpc) is 3.04. The Kier molecular flexibility index (Phi) is 3.06. The third kappa shape index (κ3) is 1.96. The molecule has 5 heteroatoms. The molecule has 1 aromatic heterocycles. The Hall–Kier alpha value is -3.65. The van der Waals surface area contributed by atoms with Crippen LogP contribution in [0.3, 0.4) is 0 Å². The largest absolute Gasteiger partial charge is 0.300 e. The number of hydrogen-bond donors (Lipinski definition) is 1. The molecule has 5 rings (SSSR count). The molecule has 1 aliphatic rings. The number of para-hydroxylation sites is 2. The number of nitrogens with one attached hydrogen (secondary N) is 1. The van der Waals surface area contributed by atoms with Crippen molar-refractivity contribution in [1.82, 2.24) is 9.55 Å². The van der Waals surface area contributed by atoms with Crippen LogP contribution in [0.1, 0.15) is 11.6 Å². The van der Waals surface area contributed by atoms with Gasteiger partial charge in [0, 0.05) is 0 Å². The molecule has 0 spiro atoms. The van der Waals surface area contributed by atoms with E-state index in [9.17, 15) is 10.1 Å². The summed E-state index contributed by atoms with van der Waals surface area (Å²) < 4.78 is 1.98. The quantitative estimate of drug-likeness (QED) is 0.573. The lowest BCUT2D eigenvalue weighted by molar-refractivity contribution is -0.119. The Balaban J connectivity index is 1.87. The maximum absolute atomic E-state index is 12.6. The van der Waals surface area contributed by atoms with Crippen LogP contribution in [0.5, 0.6) is 0 Å². The Bertz CT molecular complexity index is 1210. The van der Waals surface area contributed by atoms with E-state index in [1.54, 1.807) is 0 Å². The Morgan fingerprint density at radius 1 is 1.00 bits per heavy atom. The molecule has 0 unspecified atom stereocenters. The minimum atomic E-state index is -0.828. The summed E-state index contributed by atoms with van der Waals surface area (Å²) in [5.41, 5.74) is 2.65. The van der Waals surface area contributed by atoms with Crippen molar-refractivity contribution in [1.29, 1.82) is 5.26 Å². The predicted molar refractivity (Wildman–Crippen MR) is 99.6 cm³/mol. The number of nitriles is 1. The lowest BCUT2D eigenvalue weighted by Crippen LogP contribution is -2.37. The van der Waals surface area contributed by atoms with Gasteiger partial charge in [0.1, 0.15) is 0 Å². The molecule has 1 amide bonds. The van der Waals surface area contributed by atoms with Gasteiger partial charge < -0.3 is 4.57 Å². The second-order valence-corrected chi connectivity index (χ2v) is 6.40. The lowest BCUT2D eigenvalue weighted by Gasteiger charge is -2.30. The molecule has 4 aromatic rings. The maximum Gasteiger partial charge on any atom is 0.246 e. The first-order valence-corrected chi connectivity index (χ1v) is 8.43. The highest BCUT2D eigenvalue weighted by Crippen LogP contribution is 2.40. The van der Waals surface area contributed by atoms with Crippen molar-refractivity contribution >= 4 is 33.7 Å². The highest BCUT2D eigenvalue weighted by Gasteiger charge is 2.39. The molecule has 0 saturated heterocycles. The summed E-state index contributed by atoms with van der Waals surface area (Å²) in [5, 5.41) is 14.7. The molecular formula is C21H14N4O. The molecule has 0 aliphatic carbocycles. The number of nitrogens with zero attached hydrogens (tertiary/aromatic N) is 3. The molecule has 3 aromatic carbocycles. The minimum absolute atomic E-state index is 0.312. The smallest absolute Gasteiger partial charge is 0.246 e. The van der Waals surface area contributed by atoms with Gasteiger partial charge >= 0.3 is 0 Å². The van der Waals surface area contributed by atoms with Crippen molar-refractivity contribution in [2.45, 2.75) is 6.04 Å². The van der Waals surface area contributed by atoms with Crippen molar-refractivity contribution < 1.29 is 4.79 Å². The van der Waals surface area contributed by atoms with Crippen molar-refractivity contribution in [3.63, 3.8) is 0 Å². The fourth-order valence-corrected chi connectivity index (χ4v) is 3.85. The van der Waals surface area contributed by atoms with E-state index in [0.29, 0.717) is 5.95 Å². The van der Waals surface area contributed by atoms with Gasteiger partial charge in [-0.1, -0.05) is 54.6 Å².